The van der Waals surface area contributed by atoms with Crippen molar-refractivity contribution in [2.24, 2.45) is 0 Å². The van der Waals surface area contributed by atoms with Crippen LogP contribution in [-0.4, -0.2) is 25.8 Å². The highest BCUT2D eigenvalue weighted by Crippen LogP contribution is 2.20. The standard InChI is InChI=1S/C13H19NO2/c1-2-15-11-5-7-12(8-6-11)16-13-4-3-9-14-10-13/h5-8,13-14H,2-4,9-10H2,1H3/t13-/m1/s1. The molecule has 0 aromatic heterocycles. The minimum absolute atomic E-state index is 0.312. The van der Waals surface area contributed by atoms with Gasteiger partial charge in [0.25, 0.3) is 0 Å². The molecule has 0 unspecified atom stereocenters. The van der Waals surface area contributed by atoms with E-state index in [4.69, 9.17) is 9.47 Å². The van der Waals surface area contributed by atoms with Gasteiger partial charge in [-0.1, -0.05) is 0 Å². The van der Waals surface area contributed by atoms with Crippen LogP contribution >= 0.6 is 0 Å². The Hall–Kier alpha value is -1.22. The maximum Gasteiger partial charge on any atom is 0.120 e. The normalized spacial score (nSPS) is 20.4. The quantitative estimate of drug-likeness (QED) is 0.845. The third-order valence-corrected chi connectivity index (χ3v) is 2.69. The summed E-state index contributed by atoms with van der Waals surface area (Å²) in [5.41, 5.74) is 0. The molecule has 1 aromatic rings. The zero-order chi connectivity index (χ0) is 11.2. The highest BCUT2D eigenvalue weighted by Gasteiger charge is 2.13. The fraction of sp³-hybridized carbons (Fsp3) is 0.538. The summed E-state index contributed by atoms with van der Waals surface area (Å²) < 4.78 is 11.3. The number of piperidine rings is 1. The number of rotatable bonds is 4. The first-order chi connectivity index (χ1) is 7.88. The molecule has 1 N–H and O–H groups in total. The molecule has 1 aliphatic heterocycles. The van der Waals surface area contributed by atoms with Crippen LogP contribution in [0, 0.1) is 0 Å². The lowest BCUT2D eigenvalue weighted by Crippen LogP contribution is -2.37. The van der Waals surface area contributed by atoms with Crippen LogP contribution in [0.3, 0.4) is 0 Å². The average Bonchev–Trinajstić information content (AvgIpc) is 2.33. The molecule has 0 bridgehead atoms. The van der Waals surface area contributed by atoms with Gasteiger partial charge in [0.1, 0.15) is 17.6 Å². The first-order valence-electron chi connectivity index (χ1n) is 5.98. The zero-order valence-electron chi connectivity index (χ0n) is 9.74. The Morgan fingerprint density at radius 2 is 2.00 bits per heavy atom. The lowest BCUT2D eigenvalue weighted by Gasteiger charge is -2.23. The van der Waals surface area contributed by atoms with E-state index in [1.807, 2.05) is 31.2 Å². The number of hydrogen-bond donors (Lipinski definition) is 1. The molecule has 2 rings (SSSR count). The van der Waals surface area contributed by atoms with Gasteiger partial charge in [-0.05, 0) is 50.6 Å². The second-order valence-electron chi connectivity index (χ2n) is 3.99. The summed E-state index contributed by atoms with van der Waals surface area (Å²) >= 11 is 0. The van der Waals surface area contributed by atoms with Crippen molar-refractivity contribution in [2.45, 2.75) is 25.9 Å². The molecule has 1 aliphatic rings. The van der Waals surface area contributed by atoms with E-state index in [0.717, 1.165) is 31.0 Å². The molecule has 1 heterocycles. The van der Waals surface area contributed by atoms with E-state index >= 15 is 0 Å². The van der Waals surface area contributed by atoms with Crippen molar-refractivity contribution in [3.63, 3.8) is 0 Å². The SMILES string of the molecule is CCOc1ccc(O[C@@H]2CCCNC2)cc1. The fourth-order valence-electron chi connectivity index (χ4n) is 1.89. The zero-order valence-corrected chi connectivity index (χ0v) is 9.74. The van der Waals surface area contributed by atoms with E-state index in [-0.39, 0.29) is 0 Å². The van der Waals surface area contributed by atoms with E-state index in [9.17, 15) is 0 Å². The predicted octanol–water partition coefficient (Wildman–Crippen LogP) is 2.22. The molecular formula is C13H19NO2. The van der Waals surface area contributed by atoms with Gasteiger partial charge in [0, 0.05) is 6.54 Å². The Morgan fingerprint density at radius 1 is 1.25 bits per heavy atom. The van der Waals surface area contributed by atoms with E-state index in [0.29, 0.717) is 12.7 Å². The van der Waals surface area contributed by atoms with Gasteiger partial charge in [-0.25, -0.2) is 0 Å². The Kier molecular flexibility index (Phi) is 4.05. The topological polar surface area (TPSA) is 30.5 Å². The van der Waals surface area contributed by atoms with Crippen molar-refractivity contribution in [1.29, 1.82) is 0 Å². The smallest absolute Gasteiger partial charge is 0.120 e. The van der Waals surface area contributed by atoms with Gasteiger partial charge < -0.3 is 14.8 Å². The second-order valence-corrected chi connectivity index (χ2v) is 3.99. The van der Waals surface area contributed by atoms with Crippen LogP contribution in [-0.2, 0) is 0 Å². The summed E-state index contributed by atoms with van der Waals surface area (Å²) in [5.74, 6) is 1.83. The minimum Gasteiger partial charge on any atom is -0.494 e. The van der Waals surface area contributed by atoms with Crippen LogP contribution < -0.4 is 14.8 Å². The van der Waals surface area contributed by atoms with Crippen LogP contribution in [0.25, 0.3) is 0 Å². The molecule has 16 heavy (non-hydrogen) atoms. The number of hydrogen-bond acceptors (Lipinski definition) is 3. The van der Waals surface area contributed by atoms with Gasteiger partial charge in [0.2, 0.25) is 0 Å². The highest BCUT2D eigenvalue weighted by molar-refractivity contribution is 5.31. The molecule has 0 spiro atoms. The van der Waals surface area contributed by atoms with Crippen LogP contribution in [0.5, 0.6) is 11.5 Å². The molecule has 1 aromatic carbocycles. The maximum absolute atomic E-state index is 5.87. The highest BCUT2D eigenvalue weighted by atomic mass is 16.5. The Morgan fingerprint density at radius 3 is 2.62 bits per heavy atom. The van der Waals surface area contributed by atoms with Gasteiger partial charge in [0.15, 0.2) is 0 Å². The van der Waals surface area contributed by atoms with E-state index in [1.165, 1.54) is 6.42 Å². The number of nitrogens with one attached hydrogen (secondary N) is 1. The lowest BCUT2D eigenvalue weighted by atomic mass is 10.1. The van der Waals surface area contributed by atoms with E-state index in [1.54, 1.807) is 0 Å². The summed E-state index contributed by atoms with van der Waals surface area (Å²) in [6.07, 6.45) is 2.65. The predicted molar refractivity (Wildman–Crippen MR) is 64.1 cm³/mol. The van der Waals surface area contributed by atoms with Crippen LogP contribution in [0.15, 0.2) is 24.3 Å². The first kappa shape index (κ1) is 11.3. The maximum atomic E-state index is 5.87. The largest absolute Gasteiger partial charge is 0.494 e. The fourth-order valence-corrected chi connectivity index (χ4v) is 1.89. The molecule has 0 aliphatic carbocycles. The minimum atomic E-state index is 0.312. The Labute approximate surface area is 96.8 Å². The van der Waals surface area contributed by atoms with E-state index in [2.05, 4.69) is 5.32 Å². The van der Waals surface area contributed by atoms with Crippen molar-refractivity contribution < 1.29 is 9.47 Å². The van der Waals surface area contributed by atoms with Crippen molar-refractivity contribution in [3.05, 3.63) is 24.3 Å². The van der Waals surface area contributed by atoms with Gasteiger partial charge in [-0.2, -0.15) is 0 Å². The van der Waals surface area contributed by atoms with Crippen LogP contribution in [0.4, 0.5) is 0 Å². The first-order valence-corrected chi connectivity index (χ1v) is 5.98. The van der Waals surface area contributed by atoms with Crippen molar-refractivity contribution in [2.75, 3.05) is 19.7 Å². The summed E-state index contributed by atoms with van der Waals surface area (Å²) in [4.78, 5) is 0. The third-order valence-electron chi connectivity index (χ3n) is 2.69. The summed E-state index contributed by atoms with van der Waals surface area (Å²) in [7, 11) is 0. The van der Waals surface area contributed by atoms with Crippen LogP contribution in [0.2, 0.25) is 0 Å². The van der Waals surface area contributed by atoms with Gasteiger partial charge in [-0.15, -0.1) is 0 Å². The number of benzene rings is 1. The third kappa shape index (κ3) is 3.14. The molecule has 3 heteroatoms. The molecule has 3 nitrogen and oxygen atoms in total. The monoisotopic (exact) mass is 221 g/mol. The van der Waals surface area contributed by atoms with Gasteiger partial charge >= 0.3 is 0 Å². The molecule has 0 radical (unpaired) electrons. The molecule has 0 saturated carbocycles. The summed E-state index contributed by atoms with van der Waals surface area (Å²) in [6, 6.07) is 7.85. The Bertz CT molecular complexity index is 304. The summed E-state index contributed by atoms with van der Waals surface area (Å²) in [5, 5.41) is 3.34. The molecular weight excluding hydrogens is 202 g/mol. The van der Waals surface area contributed by atoms with Crippen molar-refractivity contribution >= 4 is 0 Å². The molecule has 88 valence electrons. The molecule has 1 fully saturated rings. The van der Waals surface area contributed by atoms with Gasteiger partial charge in [0.05, 0.1) is 6.61 Å². The van der Waals surface area contributed by atoms with E-state index < -0.39 is 0 Å². The van der Waals surface area contributed by atoms with Crippen LogP contribution in [0.1, 0.15) is 19.8 Å². The molecule has 0 amide bonds. The number of ether oxygens (including phenoxy) is 2. The van der Waals surface area contributed by atoms with Gasteiger partial charge in [-0.3, -0.25) is 0 Å². The summed E-state index contributed by atoms with van der Waals surface area (Å²) in [6.45, 7) is 4.75. The van der Waals surface area contributed by atoms with Crippen molar-refractivity contribution in [1.82, 2.24) is 5.32 Å². The molecule has 1 saturated heterocycles. The average molecular weight is 221 g/mol. The Balaban J connectivity index is 1.88. The molecule has 1 atom stereocenters. The van der Waals surface area contributed by atoms with Crippen molar-refractivity contribution in [3.8, 4) is 11.5 Å². The lowest BCUT2D eigenvalue weighted by molar-refractivity contribution is 0.167. The second kappa shape index (κ2) is 5.75.